The van der Waals surface area contributed by atoms with Crippen molar-refractivity contribution < 1.29 is 28.5 Å². The quantitative estimate of drug-likeness (QED) is 0.180. The average molecular weight is 601 g/mol. The van der Waals surface area contributed by atoms with E-state index in [9.17, 15) is 9.59 Å². The largest absolute Gasteiger partial charge is 0.493 e. The molecule has 0 fully saturated rings. The summed E-state index contributed by atoms with van der Waals surface area (Å²) in [6, 6.07) is 20.7. The van der Waals surface area contributed by atoms with Gasteiger partial charge in [0, 0.05) is 29.7 Å². The maximum absolute atomic E-state index is 14.2. The minimum Gasteiger partial charge on any atom is -0.493 e. The van der Waals surface area contributed by atoms with Crippen molar-refractivity contribution in [3.63, 3.8) is 0 Å². The van der Waals surface area contributed by atoms with Crippen molar-refractivity contribution in [1.82, 2.24) is 14.9 Å². The van der Waals surface area contributed by atoms with Gasteiger partial charge < -0.3 is 29.2 Å². The molecule has 11 heteroatoms. The fraction of sp³-hybridized carbons (Fsp3) is 0.250. The molecule has 1 atom stereocenters. The van der Waals surface area contributed by atoms with E-state index in [-0.39, 0.29) is 25.0 Å². The van der Waals surface area contributed by atoms with E-state index in [4.69, 9.17) is 18.9 Å². The monoisotopic (exact) mass is 600 g/mol. The Morgan fingerprint density at radius 1 is 0.907 bits per heavy atom. The Bertz CT molecular complexity index is 1600. The number of fused-ring (bicyclic) bond motifs is 1. The molecule has 0 saturated carbocycles. The Morgan fingerprint density at radius 3 is 2.35 bits per heavy atom. The molecule has 222 valence electrons. The minimum absolute atomic E-state index is 0.0246. The molecule has 1 aliphatic rings. The third kappa shape index (κ3) is 7.18. The molecule has 43 heavy (non-hydrogen) atoms. The Hall–Kier alpha value is -4.77. The molecular weight excluding hydrogens is 568 g/mol. The van der Waals surface area contributed by atoms with Gasteiger partial charge in [0.2, 0.25) is 12.7 Å². The number of amides is 2. The highest BCUT2D eigenvalue weighted by Gasteiger charge is 2.33. The molecule has 1 N–H and O–H groups in total. The molecule has 1 aromatic heterocycles. The standard InChI is InChI=1S/C32H32N4O6S/c1-20-14-21(2)34-32(33-20)43-18-29(37)36(17-22-8-6-5-7-9-22)30(23-10-12-25(39-3)27(15-23)40-4)31(38)35-24-11-13-26-28(16-24)42-19-41-26/h5-16,30H,17-19H2,1-4H3,(H,35,38). The lowest BCUT2D eigenvalue weighted by molar-refractivity contribution is -0.137. The highest BCUT2D eigenvalue weighted by molar-refractivity contribution is 7.99. The van der Waals surface area contributed by atoms with Crippen molar-refractivity contribution in [3.8, 4) is 23.0 Å². The van der Waals surface area contributed by atoms with Crippen molar-refractivity contribution in [2.75, 3.05) is 32.1 Å². The first-order valence-corrected chi connectivity index (χ1v) is 14.5. The lowest BCUT2D eigenvalue weighted by Gasteiger charge is -2.32. The van der Waals surface area contributed by atoms with Crippen LogP contribution < -0.4 is 24.3 Å². The topological polar surface area (TPSA) is 112 Å². The number of rotatable bonds is 11. The molecule has 2 amide bonds. The van der Waals surface area contributed by atoms with Gasteiger partial charge in [-0.05, 0) is 55.3 Å². The van der Waals surface area contributed by atoms with Gasteiger partial charge in [-0.2, -0.15) is 0 Å². The summed E-state index contributed by atoms with van der Waals surface area (Å²) < 4.78 is 21.9. The summed E-state index contributed by atoms with van der Waals surface area (Å²) in [6.07, 6.45) is 0. The van der Waals surface area contributed by atoms with Gasteiger partial charge in [-0.25, -0.2) is 9.97 Å². The predicted molar refractivity (Wildman–Crippen MR) is 163 cm³/mol. The molecule has 0 radical (unpaired) electrons. The van der Waals surface area contributed by atoms with Crippen LogP contribution in [-0.4, -0.2) is 53.4 Å². The van der Waals surface area contributed by atoms with Gasteiger partial charge in [0.15, 0.2) is 28.2 Å². The number of ether oxygens (including phenoxy) is 4. The molecule has 10 nitrogen and oxygen atoms in total. The lowest BCUT2D eigenvalue weighted by atomic mass is 10.0. The van der Waals surface area contributed by atoms with Crippen molar-refractivity contribution >= 4 is 29.3 Å². The van der Waals surface area contributed by atoms with E-state index in [2.05, 4.69) is 15.3 Å². The van der Waals surface area contributed by atoms with Crippen LogP contribution in [0.5, 0.6) is 23.0 Å². The average Bonchev–Trinajstić information content (AvgIpc) is 3.47. The van der Waals surface area contributed by atoms with E-state index >= 15 is 0 Å². The number of thioether (sulfide) groups is 1. The van der Waals surface area contributed by atoms with Crippen LogP contribution in [0.2, 0.25) is 0 Å². The molecule has 4 aromatic rings. The zero-order valence-electron chi connectivity index (χ0n) is 24.3. The van der Waals surface area contributed by atoms with Crippen LogP contribution in [-0.2, 0) is 16.1 Å². The summed E-state index contributed by atoms with van der Waals surface area (Å²) >= 11 is 1.23. The van der Waals surface area contributed by atoms with Crippen molar-refractivity contribution in [3.05, 3.63) is 95.3 Å². The van der Waals surface area contributed by atoms with Crippen LogP contribution in [0, 0.1) is 13.8 Å². The molecular formula is C32H32N4O6S. The van der Waals surface area contributed by atoms with Crippen LogP contribution in [0.25, 0.3) is 0 Å². The van der Waals surface area contributed by atoms with Gasteiger partial charge in [0.1, 0.15) is 6.04 Å². The summed E-state index contributed by atoms with van der Waals surface area (Å²) in [5.74, 6) is 1.41. The number of methoxy groups -OCH3 is 2. The number of nitrogens with one attached hydrogen (secondary N) is 1. The van der Waals surface area contributed by atoms with Gasteiger partial charge >= 0.3 is 0 Å². The molecule has 1 aliphatic heterocycles. The van der Waals surface area contributed by atoms with Crippen molar-refractivity contribution in [2.24, 2.45) is 0 Å². The second-order valence-corrected chi connectivity index (χ2v) is 10.7. The smallest absolute Gasteiger partial charge is 0.251 e. The van der Waals surface area contributed by atoms with E-state index < -0.39 is 11.9 Å². The number of aromatic nitrogens is 2. The zero-order valence-corrected chi connectivity index (χ0v) is 25.1. The summed E-state index contributed by atoms with van der Waals surface area (Å²) in [5.41, 5.74) is 3.55. The van der Waals surface area contributed by atoms with E-state index in [0.29, 0.717) is 39.4 Å². The minimum atomic E-state index is -1.03. The normalized spacial score (nSPS) is 12.4. The highest BCUT2D eigenvalue weighted by Crippen LogP contribution is 2.36. The third-order valence-corrected chi connectivity index (χ3v) is 7.56. The zero-order chi connectivity index (χ0) is 30.3. The summed E-state index contributed by atoms with van der Waals surface area (Å²) in [6.45, 7) is 4.06. The van der Waals surface area contributed by atoms with Gasteiger partial charge in [0.05, 0.1) is 20.0 Å². The van der Waals surface area contributed by atoms with Crippen LogP contribution in [0.4, 0.5) is 5.69 Å². The van der Waals surface area contributed by atoms with Gasteiger partial charge in [0.25, 0.3) is 5.91 Å². The summed E-state index contributed by atoms with van der Waals surface area (Å²) in [5, 5.41) is 3.47. The SMILES string of the molecule is COc1ccc(C(C(=O)Nc2ccc3c(c2)OCO3)N(Cc2ccccc2)C(=O)CSc2nc(C)cc(C)n2)cc1OC. The summed E-state index contributed by atoms with van der Waals surface area (Å²) in [7, 11) is 3.07. The molecule has 5 rings (SSSR count). The Morgan fingerprint density at radius 2 is 1.63 bits per heavy atom. The lowest BCUT2D eigenvalue weighted by Crippen LogP contribution is -2.41. The van der Waals surface area contributed by atoms with E-state index in [1.54, 1.807) is 48.4 Å². The molecule has 0 spiro atoms. The number of hydrogen-bond acceptors (Lipinski definition) is 9. The molecule has 3 aromatic carbocycles. The van der Waals surface area contributed by atoms with Crippen molar-refractivity contribution in [2.45, 2.75) is 31.6 Å². The maximum atomic E-state index is 14.2. The third-order valence-electron chi connectivity index (χ3n) is 6.73. The first-order valence-electron chi connectivity index (χ1n) is 13.6. The summed E-state index contributed by atoms with van der Waals surface area (Å²) in [4.78, 5) is 38.7. The van der Waals surface area contributed by atoms with Gasteiger partial charge in [-0.15, -0.1) is 0 Å². The van der Waals surface area contributed by atoms with Gasteiger partial charge in [-0.3, -0.25) is 9.59 Å². The second-order valence-electron chi connectivity index (χ2n) is 9.80. The van der Waals surface area contributed by atoms with Gasteiger partial charge in [-0.1, -0.05) is 48.2 Å². The number of aryl methyl sites for hydroxylation is 2. The number of nitrogens with zero attached hydrogens (tertiary/aromatic N) is 3. The molecule has 2 heterocycles. The van der Waals surface area contributed by atoms with Crippen molar-refractivity contribution in [1.29, 1.82) is 0 Å². The maximum Gasteiger partial charge on any atom is 0.251 e. The molecule has 0 aliphatic carbocycles. The Balaban J connectivity index is 1.52. The van der Waals surface area contributed by atoms with Crippen LogP contribution in [0.3, 0.4) is 0 Å². The highest BCUT2D eigenvalue weighted by atomic mass is 32.2. The Kier molecular flexibility index (Phi) is 9.31. The first-order chi connectivity index (χ1) is 20.8. The Labute approximate surface area is 254 Å². The number of benzene rings is 3. The number of carbonyl (C=O) groups excluding carboxylic acids is 2. The number of hydrogen-bond donors (Lipinski definition) is 1. The first kappa shape index (κ1) is 29.7. The molecule has 0 saturated heterocycles. The predicted octanol–water partition coefficient (Wildman–Crippen LogP) is 5.34. The number of anilines is 1. The molecule has 1 unspecified atom stereocenters. The van der Waals surface area contributed by atoms with Crippen LogP contribution in [0.1, 0.15) is 28.6 Å². The fourth-order valence-electron chi connectivity index (χ4n) is 4.75. The second kappa shape index (κ2) is 13.5. The van der Waals surface area contributed by atoms with E-state index in [0.717, 1.165) is 17.0 Å². The molecule has 0 bridgehead atoms. The van der Waals surface area contributed by atoms with Crippen LogP contribution in [0.15, 0.2) is 78.0 Å². The number of carbonyl (C=O) groups is 2. The van der Waals surface area contributed by atoms with E-state index in [1.165, 1.54) is 18.9 Å². The van der Waals surface area contributed by atoms with Crippen LogP contribution >= 0.6 is 11.8 Å². The fourth-order valence-corrected chi connectivity index (χ4v) is 5.59. The van der Waals surface area contributed by atoms with E-state index in [1.807, 2.05) is 50.2 Å².